The first-order valence-corrected chi connectivity index (χ1v) is 6.61. The van der Waals surface area contributed by atoms with Gasteiger partial charge in [0, 0.05) is 6.07 Å². The van der Waals surface area contributed by atoms with E-state index in [1.165, 1.54) is 11.9 Å². The summed E-state index contributed by atoms with van der Waals surface area (Å²) in [5.41, 5.74) is 2.16. The molecule has 0 atom stereocenters. The monoisotopic (exact) mass is 306 g/mol. The minimum absolute atomic E-state index is 0.358. The van der Waals surface area contributed by atoms with Crippen LogP contribution in [0.25, 0.3) is 0 Å². The van der Waals surface area contributed by atoms with E-state index in [2.05, 4.69) is 39.7 Å². The number of rotatable bonds is 3. The summed E-state index contributed by atoms with van der Waals surface area (Å²) in [5, 5.41) is 0. The quantitative estimate of drug-likeness (QED) is 0.839. The average molecular weight is 307 g/mol. The molecule has 4 heteroatoms. The molecule has 0 radical (unpaired) electrons. The van der Waals surface area contributed by atoms with Gasteiger partial charge in [-0.05, 0) is 46.5 Å². The Morgan fingerprint density at radius 3 is 2.61 bits per heavy atom. The largest absolute Gasteiger partial charge is 0.438 e. The van der Waals surface area contributed by atoms with Crippen molar-refractivity contribution >= 4 is 15.9 Å². The van der Waals surface area contributed by atoms with Gasteiger partial charge in [-0.25, -0.2) is 9.97 Å². The number of hydrogen-bond donors (Lipinski definition) is 0. The number of halogens is 1. The van der Waals surface area contributed by atoms with Gasteiger partial charge in [0.05, 0.1) is 10.2 Å². The zero-order valence-electron chi connectivity index (χ0n) is 10.6. The molecule has 0 saturated heterocycles. The van der Waals surface area contributed by atoms with Crippen molar-refractivity contribution in [3.63, 3.8) is 0 Å². The highest BCUT2D eigenvalue weighted by atomic mass is 79.9. The van der Waals surface area contributed by atoms with Crippen LogP contribution in [-0.4, -0.2) is 9.97 Å². The van der Waals surface area contributed by atoms with Crippen molar-refractivity contribution in [3.05, 3.63) is 46.3 Å². The van der Waals surface area contributed by atoms with Gasteiger partial charge in [-0.2, -0.15) is 0 Å². The lowest BCUT2D eigenvalue weighted by molar-refractivity contribution is 0.456. The Labute approximate surface area is 115 Å². The molecule has 0 unspecified atom stereocenters. The molecule has 1 heterocycles. The topological polar surface area (TPSA) is 35.0 Å². The van der Waals surface area contributed by atoms with Crippen molar-refractivity contribution in [2.75, 3.05) is 0 Å². The Bertz CT molecular complexity index is 555. The molecule has 0 aliphatic carbocycles. The molecule has 0 saturated carbocycles. The van der Waals surface area contributed by atoms with Crippen LogP contribution in [0.4, 0.5) is 0 Å². The third kappa shape index (κ3) is 3.07. The average Bonchev–Trinajstić information content (AvgIpc) is 2.33. The van der Waals surface area contributed by atoms with E-state index in [4.69, 9.17) is 4.74 Å². The third-order valence-corrected chi connectivity index (χ3v) is 3.18. The van der Waals surface area contributed by atoms with E-state index in [1.807, 2.05) is 31.2 Å². The highest BCUT2D eigenvalue weighted by molar-refractivity contribution is 9.10. The molecule has 0 aliphatic heterocycles. The Balaban J connectivity index is 2.25. The van der Waals surface area contributed by atoms with Crippen molar-refractivity contribution in [2.24, 2.45) is 0 Å². The molecular formula is C14H15BrN2O. The second-order valence-electron chi connectivity index (χ2n) is 4.47. The highest BCUT2D eigenvalue weighted by Gasteiger charge is 2.07. The molecule has 1 aromatic heterocycles. The van der Waals surface area contributed by atoms with Crippen LogP contribution in [-0.2, 0) is 0 Å². The highest BCUT2D eigenvalue weighted by Crippen LogP contribution is 2.30. The molecule has 0 aliphatic rings. The summed E-state index contributed by atoms with van der Waals surface area (Å²) in [7, 11) is 0. The summed E-state index contributed by atoms with van der Waals surface area (Å²) >= 11 is 3.48. The summed E-state index contributed by atoms with van der Waals surface area (Å²) in [4.78, 5) is 8.34. The Kier molecular flexibility index (Phi) is 3.97. The molecule has 0 N–H and O–H groups in total. The molecule has 2 aromatic rings. The van der Waals surface area contributed by atoms with Gasteiger partial charge in [-0.1, -0.05) is 19.9 Å². The molecule has 18 heavy (non-hydrogen) atoms. The maximum atomic E-state index is 5.76. The summed E-state index contributed by atoms with van der Waals surface area (Å²) in [6.07, 6.45) is 1.53. The van der Waals surface area contributed by atoms with Crippen LogP contribution in [0, 0.1) is 6.92 Å². The van der Waals surface area contributed by atoms with Crippen LogP contribution >= 0.6 is 15.9 Å². The minimum atomic E-state index is 0.358. The van der Waals surface area contributed by atoms with E-state index in [0.29, 0.717) is 11.8 Å². The van der Waals surface area contributed by atoms with Crippen LogP contribution in [0.3, 0.4) is 0 Å². The second kappa shape index (κ2) is 5.48. The predicted octanol–water partition coefficient (Wildman–Crippen LogP) is 4.46. The first kappa shape index (κ1) is 13.0. The van der Waals surface area contributed by atoms with E-state index >= 15 is 0 Å². The number of nitrogens with zero attached hydrogens (tertiary/aromatic N) is 2. The van der Waals surface area contributed by atoms with E-state index in [-0.39, 0.29) is 0 Å². The fourth-order valence-corrected chi connectivity index (χ4v) is 2.10. The molecule has 1 aromatic carbocycles. The van der Waals surface area contributed by atoms with E-state index in [1.54, 1.807) is 0 Å². The van der Waals surface area contributed by atoms with Crippen molar-refractivity contribution in [1.82, 2.24) is 9.97 Å². The van der Waals surface area contributed by atoms with Crippen LogP contribution < -0.4 is 4.74 Å². The number of aromatic nitrogens is 2. The van der Waals surface area contributed by atoms with Crippen molar-refractivity contribution in [3.8, 4) is 11.6 Å². The lowest BCUT2D eigenvalue weighted by atomic mass is 10.1. The summed E-state index contributed by atoms with van der Waals surface area (Å²) in [6.45, 7) is 6.22. The van der Waals surface area contributed by atoms with Crippen molar-refractivity contribution in [1.29, 1.82) is 0 Å². The number of benzene rings is 1. The smallest absolute Gasteiger partial charge is 0.222 e. The summed E-state index contributed by atoms with van der Waals surface area (Å²) in [5.74, 6) is 1.68. The number of ether oxygens (including phenoxy) is 1. The molecule has 94 valence electrons. The zero-order chi connectivity index (χ0) is 13.1. The van der Waals surface area contributed by atoms with Crippen molar-refractivity contribution < 1.29 is 4.74 Å². The van der Waals surface area contributed by atoms with Crippen LogP contribution in [0.5, 0.6) is 11.6 Å². The van der Waals surface area contributed by atoms with Gasteiger partial charge in [0.25, 0.3) is 0 Å². The maximum Gasteiger partial charge on any atom is 0.222 e. The summed E-state index contributed by atoms with van der Waals surface area (Å²) in [6, 6.07) is 7.82. The first-order chi connectivity index (χ1) is 8.56. The van der Waals surface area contributed by atoms with Gasteiger partial charge >= 0.3 is 0 Å². The predicted molar refractivity (Wildman–Crippen MR) is 75.1 cm³/mol. The van der Waals surface area contributed by atoms with E-state index in [0.717, 1.165) is 15.9 Å². The third-order valence-electron chi connectivity index (χ3n) is 2.56. The van der Waals surface area contributed by atoms with Crippen LogP contribution in [0.1, 0.15) is 31.0 Å². The molecule has 0 amide bonds. The number of aryl methyl sites for hydroxylation is 1. The summed E-state index contributed by atoms with van der Waals surface area (Å²) < 4.78 is 6.68. The van der Waals surface area contributed by atoms with Gasteiger partial charge in [-0.3, -0.25) is 0 Å². The Morgan fingerprint density at radius 1 is 1.17 bits per heavy atom. The SMILES string of the molecule is Cc1ccc(Oc2cc(C(C)C)ncn2)c(Br)c1. The molecule has 0 bridgehead atoms. The minimum Gasteiger partial charge on any atom is -0.438 e. The van der Waals surface area contributed by atoms with Crippen LogP contribution in [0.2, 0.25) is 0 Å². The maximum absolute atomic E-state index is 5.76. The molecule has 3 nitrogen and oxygen atoms in total. The molecular weight excluding hydrogens is 292 g/mol. The van der Waals surface area contributed by atoms with Crippen molar-refractivity contribution in [2.45, 2.75) is 26.7 Å². The van der Waals surface area contributed by atoms with Gasteiger partial charge in [0.2, 0.25) is 5.88 Å². The van der Waals surface area contributed by atoms with Gasteiger partial charge in [0.15, 0.2) is 0 Å². The van der Waals surface area contributed by atoms with E-state index < -0.39 is 0 Å². The lowest BCUT2D eigenvalue weighted by Crippen LogP contribution is -1.96. The molecule has 0 fully saturated rings. The van der Waals surface area contributed by atoms with Gasteiger partial charge in [0.1, 0.15) is 12.1 Å². The molecule has 2 rings (SSSR count). The van der Waals surface area contributed by atoms with Gasteiger partial charge < -0.3 is 4.74 Å². The van der Waals surface area contributed by atoms with Crippen LogP contribution in [0.15, 0.2) is 35.1 Å². The fourth-order valence-electron chi connectivity index (χ4n) is 1.53. The lowest BCUT2D eigenvalue weighted by Gasteiger charge is -2.09. The normalized spacial score (nSPS) is 10.7. The zero-order valence-corrected chi connectivity index (χ0v) is 12.2. The van der Waals surface area contributed by atoms with Gasteiger partial charge in [-0.15, -0.1) is 0 Å². The Hall–Kier alpha value is -1.42. The fraction of sp³-hybridized carbons (Fsp3) is 0.286. The first-order valence-electron chi connectivity index (χ1n) is 5.82. The second-order valence-corrected chi connectivity index (χ2v) is 5.33. The Morgan fingerprint density at radius 2 is 1.94 bits per heavy atom. The molecule has 0 spiro atoms. The number of hydrogen-bond acceptors (Lipinski definition) is 3. The van der Waals surface area contributed by atoms with E-state index in [9.17, 15) is 0 Å². The standard InChI is InChI=1S/C14H15BrN2O/c1-9(2)12-7-14(17-8-16-12)18-13-5-4-10(3)6-11(13)15/h4-9H,1-3H3.